The van der Waals surface area contributed by atoms with Crippen molar-refractivity contribution in [2.45, 2.75) is 17.9 Å². The Bertz CT molecular complexity index is 1140. The number of aromatic nitrogens is 2. The van der Waals surface area contributed by atoms with Crippen LogP contribution in [0.25, 0.3) is 5.69 Å². The number of aromatic carboxylic acids is 1. The third-order valence-corrected chi connectivity index (χ3v) is 6.79. The number of benzene rings is 2. The zero-order chi connectivity index (χ0) is 19.9. The second-order valence-electron chi connectivity index (χ2n) is 6.37. The van der Waals surface area contributed by atoms with E-state index in [2.05, 4.69) is 5.10 Å². The van der Waals surface area contributed by atoms with Crippen LogP contribution in [0.3, 0.4) is 0 Å². The van der Waals surface area contributed by atoms with Crippen LogP contribution in [0.4, 0.5) is 0 Å². The highest BCUT2D eigenvalue weighted by molar-refractivity contribution is 7.89. The van der Waals surface area contributed by atoms with E-state index in [4.69, 9.17) is 11.6 Å². The zero-order valence-corrected chi connectivity index (χ0v) is 16.2. The molecule has 0 radical (unpaired) electrons. The molecule has 4 rings (SSSR count). The molecule has 144 valence electrons. The summed E-state index contributed by atoms with van der Waals surface area (Å²) in [5.74, 6) is -1.19. The highest BCUT2D eigenvalue weighted by Crippen LogP contribution is 2.29. The van der Waals surface area contributed by atoms with Gasteiger partial charge in [0.15, 0.2) is 5.69 Å². The van der Waals surface area contributed by atoms with Crippen LogP contribution >= 0.6 is 11.6 Å². The fraction of sp³-hybridized carbons (Fsp3) is 0.158. The molecule has 1 aromatic heterocycles. The first-order chi connectivity index (χ1) is 13.4. The van der Waals surface area contributed by atoms with Gasteiger partial charge in [-0.3, -0.25) is 0 Å². The highest BCUT2D eigenvalue weighted by atomic mass is 35.5. The third kappa shape index (κ3) is 3.19. The van der Waals surface area contributed by atoms with Crippen molar-refractivity contribution in [3.8, 4) is 5.69 Å². The molecule has 0 amide bonds. The second-order valence-corrected chi connectivity index (χ2v) is 8.74. The summed E-state index contributed by atoms with van der Waals surface area (Å²) in [4.78, 5) is 11.9. The fourth-order valence-corrected chi connectivity index (χ4v) is 4.86. The quantitative estimate of drug-likeness (QED) is 0.704. The lowest BCUT2D eigenvalue weighted by Crippen LogP contribution is -2.36. The number of carbonyl (C=O) groups is 1. The molecule has 0 aliphatic carbocycles. The molecule has 0 saturated carbocycles. The fourth-order valence-electron chi connectivity index (χ4n) is 3.31. The molecule has 1 aliphatic rings. The number of hydrogen-bond donors (Lipinski definition) is 1. The summed E-state index contributed by atoms with van der Waals surface area (Å²) in [6, 6.07) is 15.0. The lowest BCUT2D eigenvalue weighted by molar-refractivity contribution is 0.0688. The molecule has 1 aliphatic heterocycles. The molecule has 0 unspecified atom stereocenters. The van der Waals surface area contributed by atoms with Crippen molar-refractivity contribution in [1.29, 1.82) is 0 Å². The van der Waals surface area contributed by atoms with Gasteiger partial charge in [-0.1, -0.05) is 29.8 Å². The van der Waals surface area contributed by atoms with Gasteiger partial charge in [-0.2, -0.15) is 9.40 Å². The van der Waals surface area contributed by atoms with Crippen molar-refractivity contribution in [1.82, 2.24) is 14.1 Å². The van der Waals surface area contributed by atoms with Crippen LogP contribution in [0.5, 0.6) is 0 Å². The molecule has 28 heavy (non-hydrogen) atoms. The minimum atomic E-state index is -3.72. The number of fused-ring (bicyclic) bond motifs is 1. The average molecular weight is 418 g/mol. The number of carboxylic acids is 1. The maximum Gasteiger partial charge on any atom is 0.356 e. The smallest absolute Gasteiger partial charge is 0.356 e. The summed E-state index contributed by atoms with van der Waals surface area (Å²) < 4.78 is 28.7. The summed E-state index contributed by atoms with van der Waals surface area (Å²) in [5, 5.41) is 14.4. The van der Waals surface area contributed by atoms with Gasteiger partial charge in [-0.25, -0.2) is 17.9 Å². The second kappa shape index (κ2) is 7.05. The largest absolute Gasteiger partial charge is 0.476 e. The van der Waals surface area contributed by atoms with E-state index < -0.39 is 16.0 Å². The lowest BCUT2D eigenvalue weighted by Gasteiger charge is -2.27. The number of nitrogens with zero attached hydrogens (tertiary/aromatic N) is 3. The highest BCUT2D eigenvalue weighted by Gasteiger charge is 2.34. The molecule has 0 atom stereocenters. The van der Waals surface area contributed by atoms with Gasteiger partial charge in [0.25, 0.3) is 0 Å². The Morgan fingerprint density at radius 1 is 1.07 bits per heavy atom. The van der Waals surface area contributed by atoms with Gasteiger partial charge >= 0.3 is 5.97 Å². The van der Waals surface area contributed by atoms with Crippen molar-refractivity contribution < 1.29 is 18.3 Å². The predicted octanol–water partition coefficient (Wildman–Crippen LogP) is 2.97. The molecule has 3 aromatic rings. The van der Waals surface area contributed by atoms with Crippen LogP contribution in [0, 0.1) is 0 Å². The molecular weight excluding hydrogens is 402 g/mol. The van der Waals surface area contributed by atoms with Crippen LogP contribution in [0.15, 0.2) is 59.5 Å². The van der Waals surface area contributed by atoms with E-state index in [0.29, 0.717) is 28.4 Å². The molecule has 7 nitrogen and oxygen atoms in total. The Balaban J connectivity index is 1.76. The van der Waals surface area contributed by atoms with Crippen molar-refractivity contribution in [3.63, 3.8) is 0 Å². The van der Waals surface area contributed by atoms with E-state index in [1.165, 1.54) is 16.4 Å². The summed E-state index contributed by atoms with van der Waals surface area (Å²) >= 11 is 5.93. The maximum atomic E-state index is 12.9. The van der Waals surface area contributed by atoms with Gasteiger partial charge in [0.1, 0.15) is 0 Å². The lowest BCUT2D eigenvalue weighted by atomic mass is 10.1. The molecule has 0 saturated heterocycles. The van der Waals surface area contributed by atoms with E-state index in [0.717, 1.165) is 0 Å². The molecule has 1 N–H and O–H groups in total. The first kappa shape index (κ1) is 18.7. The van der Waals surface area contributed by atoms with E-state index in [1.807, 2.05) is 0 Å². The van der Waals surface area contributed by atoms with Gasteiger partial charge in [-0.15, -0.1) is 0 Å². The van der Waals surface area contributed by atoms with Crippen LogP contribution in [0.1, 0.15) is 21.7 Å². The van der Waals surface area contributed by atoms with Gasteiger partial charge in [0.05, 0.1) is 16.3 Å². The molecule has 2 heterocycles. The van der Waals surface area contributed by atoms with Crippen molar-refractivity contribution in [3.05, 3.63) is 76.6 Å². The van der Waals surface area contributed by atoms with Gasteiger partial charge in [0, 0.05) is 30.1 Å². The topological polar surface area (TPSA) is 92.5 Å². The van der Waals surface area contributed by atoms with Gasteiger partial charge < -0.3 is 5.11 Å². The van der Waals surface area contributed by atoms with Crippen molar-refractivity contribution in [2.75, 3.05) is 6.54 Å². The minimum Gasteiger partial charge on any atom is -0.476 e. The van der Waals surface area contributed by atoms with E-state index in [1.54, 1.807) is 47.1 Å². The van der Waals surface area contributed by atoms with Crippen LogP contribution in [-0.4, -0.2) is 40.1 Å². The maximum absolute atomic E-state index is 12.9. The van der Waals surface area contributed by atoms with Crippen LogP contribution in [0.2, 0.25) is 5.02 Å². The Morgan fingerprint density at radius 2 is 1.75 bits per heavy atom. The van der Waals surface area contributed by atoms with Crippen molar-refractivity contribution >= 4 is 27.6 Å². The van der Waals surface area contributed by atoms with Crippen LogP contribution < -0.4 is 0 Å². The average Bonchev–Trinajstić information content (AvgIpc) is 3.08. The molecule has 2 aromatic carbocycles. The van der Waals surface area contributed by atoms with Crippen molar-refractivity contribution in [2.24, 2.45) is 0 Å². The third-order valence-electron chi connectivity index (χ3n) is 4.68. The first-order valence-corrected chi connectivity index (χ1v) is 10.3. The Morgan fingerprint density at radius 3 is 2.39 bits per heavy atom. The minimum absolute atomic E-state index is 0.0399. The van der Waals surface area contributed by atoms with E-state index in [-0.39, 0.29) is 23.7 Å². The molecular formula is C19H16ClN3O4S. The molecule has 0 fully saturated rings. The first-order valence-electron chi connectivity index (χ1n) is 8.53. The summed E-state index contributed by atoms with van der Waals surface area (Å²) in [6.07, 6.45) is 0.351. The van der Waals surface area contributed by atoms with Gasteiger partial charge in [-0.05, 0) is 36.4 Å². The van der Waals surface area contributed by atoms with E-state index >= 15 is 0 Å². The SMILES string of the molecule is O=C(O)c1nn(-c2ccc(Cl)cc2)c2c1CN(S(=O)(=O)c1ccccc1)CC2. The summed E-state index contributed by atoms with van der Waals surface area (Å²) in [7, 11) is -3.72. The Kier molecular flexibility index (Phi) is 4.70. The number of halogens is 1. The number of hydrogen-bond acceptors (Lipinski definition) is 4. The summed E-state index contributed by atoms with van der Waals surface area (Å²) in [6.45, 7) is 0.199. The number of sulfonamides is 1. The molecule has 0 spiro atoms. The Hall–Kier alpha value is -2.68. The Labute approximate surface area is 166 Å². The monoisotopic (exact) mass is 417 g/mol. The molecule has 9 heteroatoms. The number of carboxylic acid groups (broad SMARTS) is 1. The van der Waals surface area contributed by atoms with E-state index in [9.17, 15) is 18.3 Å². The van der Waals surface area contributed by atoms with Gasteiger partial charge in [0.2, 0.25) is 10.0 Å². The zero-order valence-electron chi connectivity index (χ0n) is 14.6. The normalized spacial score (nSPS) is 14.6. The molecule has 0 bridgehead atoms. The van der Waals surface area contributed by atoms with Crippen LogP contribution in [-0.2, 0) is 23.0 Å². The summed E-state index contributed by atoms with van der Waals surface area (Å²) in [5.41, 5.74) is 1.64. The number of rotatable bonds is 4. The standard InChI is InChI=1S/C19H16ClN3O4S/c20-13-6-8-14(9-7-13)23-17-10-11-22(12-16(17)18(21-23)19(24)25)28(26,27)15-4-2-1-3-5-15/h1-9H,10-12H2,(H,24,25). The predicted molar refractivity (Wildman–Crippen MR) is 103 cm³/mol.